The monoisotopic (exact) mass is 256 g/mol. The molecule has 0 spiro atoms. The van der Waals surface area contributed by atoms with Crippen LogP contribution < -0.4 is 10.5 Å². The fourth-order valence-electron chi connectivity index (χ4n) is 1.57. The SMILES string of the molecule is Cc1cccc(C)c1C(=O)NCCS(N)(=O)=O. The molecule has 1 aromatic rings. The molecule has 17 heavy (non-hydrogen) atoms. The summed E-state index contributed by atoms with van der Waals surface area (Å²) >= 11 is 0. The first-order chi connectivity index (χ1) is 7.81. The minimum absolute atomic E-state index is 0.0193. The number of carbonyl (C=O) groups excluding carboxylic acids is 1. The molecule has 1 rings (SSSR count). The predicted molar refractivity (Wildman–Crippen MR) is 66.2 cm³/mol. The Balaban J connectivity index is 2.71. The lowest BCUT2D eigenvalue weighted by Gasteiger charge is -2.09. The third-order valence-corrected chi connectivity index (χ3v) is 3.15. The van der Waals surface area contributed by atoms with Gasteiger partial charge in [0.2, 0.25) is 10.0 Å². The van der Waals surface area contributed by atoms with E-state index in [4.69, 9.17) is 5.14 Å². The van der Waals surface area contributed by atoms with Gasteiger partial charge in [-0.15, -0.1) is 0 Å². The summed E-state index contributed by atoms with van der Waals surface area (Å²) < 4.78 is 21.4. The topological polar surface area (TPSA) is 89.3 Å². The van der Waals surface area contributed by atoms with Crippen molar-refractivity contribution in [2.75, 3.05) is 12.3 Å². The first kappa shape index (κ1) is 13.7. The van der Waals surface area contributed by atoms with Gasteiger partial charge in [-0.2, -0.15) is 0 Å². The number of hydrogen-bond donors (Lipinski definition) is 2. The number of carbonyl (C=O) groups is 1. The fraction of sp³-hybridized carbons (Fsp3) is 0.364. The summed E-state index contributed by atoms with van der Waals surface area (Å²) in [6.45, 7) is 3.69. The highest BCUT2D eigenvalue weighted by Gasteiger charge is 2.12. The summed E-state index contributed by atoms with van der Waals surface area (Å²) in [5.41, 5.74) is 2.30. The van der Waals surface area contributed by atoms with Gasteiger partial charge in [-0.25, -0.2) is 13.6 Å². The first-order valence-electron chi connectivity index (χ1n) is 5.16. The third-order valence-electron chi connectivity index (χ3n) is 2.38. The maximum atomic E-state index is 11.8. The van der Waals surface area contributed by atoms with Crippen molar-refractivity contribution in [3.05, 3.63) is 34.9 Å². The van der Waals surface area contributed by atoms with Crippen LogP contribution in [0, 0.1) is 13.8 Å². The van der Waals surface area contributed by atoms with Crippen LogP contribution in [0.3, 0.4) is 0 Å². The smallest absolute Gasteiger partial charge is 0.251 e. The highest BCUT2D eigenvalue weighted by Crippen LogP contribution is 2.12. The Labute approximate surface area is 101 Å². The van der Waals surface area contributed by atoms with E-state index in [9.17, 15) is 13.2 Å². The minimum Gasteiger partial charge on any atom is -0.351 e. The highest BCUT2D eigenvalue weighted by atomic mass is 32.2. The van der Waals surface area contributed by atoms with E-state index in [1.807, 2.05) is 32.0 Å². The van der Waals surface area contributed by atoms with Crippen LogP contribution in [-0.4, -0.2) is 26.6 Å². The van der Waals surface area contributed by atoms with Crippen LogP contribution in [0.4, 0.5) is 0 Å². The number of primary sulfonamides is 1. The normalized spacial score (nSPS) is 11.2. The van der Waals surface area contributed by atoms with Crippen molar-refractivity contribution in [3.63, 3.8) is 0 Å². The first-order valence-corrected chi connectivity index (χ1v) is 6.87. The summed E-state index contributed by atoms with van der Waals surface area (Å²) in [6.07, 6.45) is 0. The van der Waals surface area contributed by atoms with Crippen molar-refractivity contribution in [3.8, 4) is 0 Å². The van der Waals surface area contributed by atoms with Crippen LogP contribution in [-0.2, 0) is 10.0 Å². The molecule has 94 valence electrons. The molecule has 0 radical (unpaired) electrons. The Bertz CT molecular complexity index is 503. The summed E-state index contributed by atoms with van der Waals surface area (Å²) in [5, 5.41) is 7.38. The molecule has 0 heterocycles. The number of hydrogen-bond acceptors (Lipinski definition) is 3. The van der Waals surface area contributed by atoms with E-state index in [-0.39, 0.29) is 18.2 Å². The molecule has 0 saturated heterocycles. The van der Waals surface area contributed by atoms with Gasteiger partial charge in [-0.05, 0) is 25.0 Å². The molecule has 0 saturated carbocycles. The van der Waals surface area contributed by atoms with Crippen molar-refractivity contribution in [1.29, 1.82) is 0 Å². The van der Waals surface area contributed by atoms with Crippen LogP contribution in [0.25, 0.3) is 0 Å². The van der Waals surface area contributed by atoms with Gasteiger partial charge in [0.15, 0.2) is 0 Å². The molecule has 3 N–H and O–H groups in total. The number of aryl methyl sites for hydroxylation is 2. The molecule has 6 heteroatoms. The van der Waals surface area contributed by atoms with E-state index in [0.29, 0.717) is 5.56 Å². The van der Waals surface area contributed by atoms with E-state index < -0.39 is 10.0 Å². The average Bonchev–Trinajstić information content (AvgIpc) is 2.15. The van der Waals surface area contributed by atoms with Crippen molar-refractivity contribution in [2.45, 2.75) is 13.8 Å². The molecule has 0 aliphatic heterocycles. The van der Waals surface area contributed by atoms with Gasteiger partial charge < -0.3 is 5.32 Å². The van der Waals surface area contributed by atoms with E-state index in [1.165, 1.54) is 0 Å². The Morgan fingerprint density at radius 3 is 2.29 bits per heavy atom. The zero-order valence-corrected chi connectivity index (χ0v) is 10.7. The van der Waals surface area contributed by atoms with Crippen molar-refractivity contribution in [2.24, 2.45) is 5.14 Å². The molecule has 0 aliphatic carbocycles. The van der Waals surface area contributed by atoms with E-state index >= 15 is 0 Å². The van der Waals surface area contributed by atoms with E-state index in [2.05, 4.69) is 5.32 Å². The van der Waals surface area contributed by atoms with E-state index in [0.717, 1.165) is 11.1 Å². The number of benzene rings is 1. The number of nitrogens with one attached hydrogen (secondary N) is 1. The molecular weight excluding hydrogens is 240 g/mol. The maximum Gasteiger partial charge on any atom is 0.251 e. The number of nitrogens with two attached hydrogens (primary N) is 1. The van der Waals surface area contributed by atoms with Crippen LogP contribution in [0.5, 0.6) is 0 Å². The van der Waals surface area contributed by atoms with Gasteiger partial charge in [0, 0.05) is 12.1 Å². The van der Waals surface area contributed by atoms with Gasteiger partial charge in [-0.3, -0.25) is 4.79 Å². The van der Waals surface area contributed by atoms with Crippen molar-refractivity contribution in [1.82, 2.24) is 5.32 Å². The molecular formula is C11H16N2O3S. The van der Waals surface area contributed by atoms with Crippen LogP contribution in [0.1, 0.15) is 21.5 Å². The Morgan fingerprint density at radius 2 is 1.82 bits per heavy atom. The van der Waals surface area contributed by atoms with Crippen molar-refractivity contribution < 1.29 is 13.2 Å². The number of sulfonamides is 1. The maximum absolute atomic E-state index is 11.8. The van der Waals surface area contributed by atoms with Crippen LogP contribution >= 0.6 is 0 Å². The molecule has 5 nitrogen and oxygen atoms in total. The van der Waals surface area contributed by atoms with Gasteiger partial charge in [-0.1, -0.05) is 18.2 Å². The lowest BCUT2D eigenvalue weighted by molar-refractivity contribution is 0.0955. The summed E-state index contributed by atoms with van der Waals surface area (Å²) in [7, 11) is -3.54. The van der Waals surface area contributed by atoms with Gasteiger partial charge >= 0.3 is 0 Å². The zero-order valence-electron chi connectivity index (χ0n) is 9.86. The molecule has 0 unspecified atom stereocenters. The van der Waals surface area contributed by atoms with Crippen LogP contribution in [0.15, 0.2) is 18.2 Å². The number of amides is 1. The molecule has 0 aromatic heterocycles. The summed E-state index contributed by atoms with van der Waals surface area (Å²) in [4.78, 5) is 11.8. The van der Waals surface area contributed by atoms with Crippen LogP contribution in [0.2, 0.25) is 0 Å². The molecule has 0 fully saturated rings. The molecule has 1 aromatic carbocycles. The quantitative estimate of drug-likeness (QED) is 0.813. The second-order valence-electron chi connectivity index (χ2n) is 3.89. The standard InChI is InChI=1S/C11H16N2O3S/c1-8-4-3-5-9(2)10(8)11(14)13-6-7-17(12,15)16/h3-5H,6-7H2,1-2H3,(H,13,14)(H2,12,15,16). The largest absolute Gasteiger partial charge is 0.351 e. The Hall–Kier alpha value is -1.40. The van der Waals surface area contributed by atoms with Crippen molar-refractivity contribution >= 4 is 15.9 Å². The third kappa shape index (κ3) is 4.16. The van der Waals surface area contributed by atoms with E-state index in [1.54, 1.807) is 0 Å². The van der Waals surface area contributed by atoms with Gasteiger partial charge in [0.25, 0.3) is 5.91 Å². The second-order valence-corrected chi connectivity index (χ2v) is 5.62. The Morgan fingerprint density at radius 1 is 1.29 bits per heavy atom. The lowest BCUT2D eigenvalue weighted by Crippen LogP contribution is -2.32. The molecule has 0 bridgehead atoms. The molecule has 0 atom stereocenters. The summed E-state index contributed by atoms with van der Waals surface area (Å²) in [5.74, 6) is -0.534. The zero-order chi connectivity index (χ0) is 13.1. The fourth-order valence-corrected chi connectivity index (χ4v) is 1.95. The predicted octanol–water partition coefficient (Wildman–Crippen LogP) is 0.322. The molecule has 0 aliphatic rings. The Kier molecular flexibility index (Phi) is 4.25. The van der Waals surface area contributed by atoms with Gasteiger partial charge in [0.05, 0.1) is 5.75 Å². The lowest BCUT2D eigenvalue weighted by atomic mass is 10.0. The summed E-state index contributed by atoms with van der Waals surface area (Å²) in [6, 6.07) is 5.54. The second kappa shape index (κ2) is 5.29. The van der Waals surface area contributed by atoms with Gasteiger partial charge in [0.1, 0.15) is 0 Å². The molecule has 1 amide bonds. The average molecular weight is 256 g/mol. The minimum atomic E-state index is -3.54. The highest BCUT2D eigenvalue weighted by molar-refractivity contribution is 7.89. The number of rotatable bonds is 4.